The molecule has 156 valence electrons. The van der Waals surface area contributed by atoms with E-state index in [1.807, 2.05) is 23.7 Å². The van der Waals surface area contributed by atoms with Crippen LogP contribution in [0.1, 0.15) is 42.0 Å². The molecule has 0 spiro atoms. The third kappa shape index (κ3) is 4.10. The second-order valence-electron chi connectivity index (χ2n) is 7.68. The van der Waals surface area contributed by atoms with Gasteiger partial charge in [0.15, 0.2) is 0 Å². The number of nitrogens with zero attached hydrogens (tertiary/aromatic N) is 5. The number of hydrogen-bond acceptors (Lipinski definition) is 4. The summed E-state index contributed by atoms with van der Waals surface area (Å²) in [6.07, 6.45) is 4.99. The highest BCUT2D eigenvalue weighted by molar-refractivity contribution is 5.94. The van der Waals surface area contributed by atoms with Crippen molar-refractivity contribution in [1.82, 2.24) is 14.8 Å². The van der Waals surface area contributed by atoms with Crippen LogP contribution in [0.15, 0.2) is 59.8 Å². The van der Waals surface area contributed by atoms with E-state index >= 15 is 0 Å². The van der Waals surface area contributed by atoms with Crippen molar-refractivity contribution in [1.29, 1.82) is 5.26 Å². The van der Waals surface area contributed by atoms with Crippen LogP contribution in [0.3, 0.4) is 0 Å². The topological polar surface area (TPSA) is 74.3 Å². The van der Waals surface area contributed by atoms with E-state index in [0.717, 1.165) is 16.5 Å². The number of aryl methyl sites for hydroxylation is 2. The predicted octanol–water partition coefficient (Wildman–Crippen LogP) is 4.65. The van der Waals surface area contributed by atoms with Crippen molar-refractivity contribution < 1.29 is 9.18 Å². The standard InChI is InChI=1S/C24H22FN5O/c1-16-5-7-20(21(25)12-16)23-9-10-27-30(23)24(31)17(2)4-3-11-29-22-8-6-18(14-26)13-19(22)15-28-29/h5-8,10,12-13,15,23H,2-4,9,11H2,1H3. The van der Waals surface area contributed by atoms with Gasteiger partial charge in [-0.1, -0.05) is 18.7 Å². The summed E-state index contributed by atoms with van der Waals surface area (Å²) in [6.45, 7) is 6.38. The average molecular weight is 415 g/mol. The minimum Gasteiger partial charge on any atom is -0.268 e. The highest BCUT2D eigenvalue weighted by atomic mass is 19.1. The Bertz CT molecular complexity index is 1240. The molecule has 2 aromatic carbocycles. The lowest BCUT2D eigenvalue weighted by Gasteiger charge is -2.23. The minimum absolute atomic E-state index is 0.289. The second kappa shape index (κ2) is 8.52. The maximum Gasteiger partial charge on any atom is 0.269 e. The molecule has 3 aromatic rings. The van der Waals surface area contributed by atoms with Crippen LogP contribution in [0.5, 0.6) is 0 Å². The molecule has 0 N–H and O–H groups in total. The number of nitriles is 1. The highest BCUT2D eigenvalue weighted by Crippen LogP contribution is 2.32. The van der Waals surface area contributed by atoms with E-state index in [9.17, 15) is 9.18 Å². The summed E-state index contributed by atoms with van der Waals surface area (Å²) in [5.74, 6) is -0.619. The maximum absolute atomic E-state index is 14.4. The molecule has 1 aliphatic rings. The molecular weight excluding hydrogens is 393 g/mol. The number of benzene rings is 2. The third-order valence-electron chi connectivity index (χ3n) is 5.47. The van der Waals surface area contributed by atoms with Crippen LogP contribution in [0.4, 0.5) is 4.39 Å². The van der Waals surface area contributed by atoms with E-state index in [2.05, 4.69) is 22.8 Å². The number of hydrogen-bond donors (Lipinski definition) is 0. The Hall–Kier alpha value is -3.79. The zero-order chi connectivity index (χ0) is 22.0. The van der Waals surface area contributed by atoms with Crippen LogP contribution in [0.2, 0.25) is 0 Å². The predicted molar refractivity (Wildman–Crippen MR) is 117 cm³/mol. The zero-order valence-corrected chi connectivity index (χ0v) is 17.3. The van der Waals surface area contributed by atoms with Crippen molar-refractivity contribution in [2.24, 2.45) is 5.10 Å². The number of hydrazone groups is 1. The minimum atomic E-state index is -0.450. The number of carbonyl (C=O) groups is 1. The van der Waals surface area contributed by atoms with Gasteiger partial charge in [0.05, 0.1) is 29.4 Å². The first kappa shape index (κ1) is 20.5. The number of carbonyl (C=O) groups excluding carboxylic acids is 1. The van der Waals surface area contributed by atoms with Gasteiger partial charge in [-0.3, -0.25) is 9.48 Å². The number of aromatic nitrogens is 2. The summed E-state index contributed by atoms with van der Waals surface area (Å²) >= 11 is 0. The lowest BCUT2D eigenvalue weighted by Crippen LogP contribution is -2.28. The van der Waals surface area contributed by atoms with Gasteiger partial charge in [0, 0.05) is 35.7 Å². The molecule has 1 aromatic heterocycles. The summed E-state index contributed by atoms with van der Waals surface area (Å²) in [7, 11) is 0. The first-order chi connectivity index (χ1) is 15.0. The molecule has 0 fully saturated rings. The summed E-state index contributed by atoms with van der Waals surface area (Å²) in [6, 6.07) is 12.1. The fraction of sp³-hybridized carbons (Fsp3) is 0.250. The van der Waals surface area contributed by atoms with E-state index in [1.165, 1.54) is 11.1 Å². The number of fused-ring (bicyclic) bond motifs is 1. The Kier molecular flexibility index (Phi) is 5.63. The smallest absolute Gasteiger partial charge is 0.268 e. The number of amides is 1. The van der Waals surface area contributed by atoms with Crippen LogP contribution in [0.25, 0.3) is 10.9 Å². The Morgan fingerprint density at radius 2 is 2.16 bits per heavy atom. The molecule has 2 heterocycles. The van der Waals surface area contributed by atoms with Crippen LogP contribution >= 0.6 is 0 Å². The summed E-state index contributed by atoms with van der Waals surface area (Å²) in [5.41, 5.74) is 3.26. The molecular formula is C24H22FN5O. The van der Waals surface area contributed by atoms with Gasteiger partial charge >= 0.3 is 0 Å². The quantitative estimate of drug-likeness (QED) is 0.550. The van der Waals surface area contributed by atoms with E-state index in [1.54, 1.807) is 30.6 Å². The molecule has 1 unspecified atom stereocenters. The monoisotopic (exact) mass is 415 g/mol. The fourth-order valence-corrected chi connectivity index (χ4v) is 3.82. The van der Waals surface area contributed by atoms with Gasteiger partial charge < -0.3 is 0 Å². The summed E-state index contributed by atoms with van der Waals surface area (Å²) < 4.78 is 16.3. The maximum atomic E-state index is 14.4. The van der Waals surface area contributed by atoms with Crippen molar-refractivity contribution in [3.8, 4) is 6.07 Å². The van der Waals surface area contributed by atoms with Gasteiger partial charge in [-0.25, -0.2) is 9.40 Å². The number of halogens is 1. The lowest BCUT2D eigenvalue weighted by molar-refractivity contribution is -0.129. The van der Waals surface area contributed by atoms with E-state index in [0.29, 0.717) is 42.5 Å². The Morgan fingerprint density at radius 3 is 2.94 bits per heavy atom. The summed E-state index contributed by atoms with van der Waals surface area (Å²) in [5, 5.41) is 19.8. The molecule has 0 radical (unpaired) electrons. The fourth-order valence-electron chi connectivity index (χ4n) is 3.82. The molecule has 1 aliphatic heterocycles. The first-order valence-corrected chi connectivity index (χ1v) is 10.1. The normalized spacial score (nSPS) is 15.4. The molecule has 0 saturated carbocycles. The molecule has 0 aliphatic carbocycles. The van der Waals surface area contributed by atoms with Crippen molar-refractivity contribution >= 4 is 23.0 Å². The molecule has 4 rings (SSSR count). The van der Waals surface area contributed by atoms with Crippen molar-refractivity contribution in [2.45, 2.75) is 38.8 Å². The highest BCUT2D eigenvalue weighted by Gasteiger charge is 2.31. The molecule has 31 heavy (non-hydrogen) atoms. The Morgan fingerprint density at radius 1 is 1.32 bits per heavy atom. The van der Waals surface area contributed by atoms with Crippen LogP contribution in [-0.2, 0) is 11.3 Å². The van der Waals surface area contributed by atoms with Crippen molar-refractivity contribution in [2.75, 3.05) is 0 Å². The second-order valence-corrected chi connectivity index (χ2v) is 7.68. The van der Waals surface area contributed by atoms with Crippen LogP contribution < -0.4 is 0 Å². The lowest BCUT2D eigenvalue weighted by atomic mass is 10.0. The average Bonchev–Trinajstić information content (AvgIpc) is 3.40. The summed E-state index contributed by atoms with van der Waals surface area (Å²) in [4.78, 5) is 12.9. The molecule has 1 amide bonds. The van der Waals surface area contributed by atoms with Crippen molar-refractivity contribution in [3.63, 3.8) is 0 Å². The van der Waals surface area contributed by atoms with Gasteiger partial charge in [0.25, 0.3) is 5.91 Å². The Labute approximate surface area is 179 Å². The van der Waals surface area contributed by atoms with Gasteiger partial charge in [-0.05, 0) is 49.6 Å². The molecule has 1 atom stereocenters. The Balaban J connectivity index is 1.39. The van der Waals surface area contributed by atoms with Gasteiger partial charge in [0.2, 0.25) is 0 Å². The van der Waals surface area contributed by atoms with E-state index < -0.39 is 6.04 Å². The molecule has 0 saturated heterocycles. The number of rotatable bonds is 6. The van der Waals surface area contributed by atoms with Crippen LogP contribution in [0, 0.1) is 24.1 Å². The largest absolute Gasteiger partial charge is 0.269 e. The van der Waals surface area contributed by atoms with Gasteiger partial charge in [0.1, 0.15) is 5.82 Å². The molecule has 6 nitrogen and oxygen atoms in total. The van der Waals surface area contributed by atoms with Gasteiger partial charge in [-0.15, -0.1) is 0 Å². The first-order valence-electron chi connectivity index (χ1n) is 10.1. The van der Waals surface area contributed by atoms with E-state index in [4.69, 9.17) is 5.26 Å². The molecule has 7 heteroatoms. The molecule has 0 bridgehead atoms. The zero-order valence-electron chi connectivity index (χ0n) is 17.3. The SMILES string of the molecule is C=C(CCCn1ncc2cc(C#N)ccc21)C(=O)N1N=CCC1c1ccc(C)cc1F. The third-order valence-corrected chi connectivity index (χ3v) is 5.47. The van der Waals surface area contributed by atoms with E-state index in [-0.39, 0.29) is 11.7 Å². The van der Waals surface area contributed by atoms with Crippen LogP contribution in [-0.4, -0.2) is 26.9 Å². The van der Waals surface area contributed by atoms with Gasteiger partial charge in [-0.2, -0.15) is 15.5 Å². The van der Waals surface area contributed by atoms with Crippen molar-refractivity contribution in [3.05, 3.63) is 77.3 Å².